The fourth-order valence-corrected chi connectivity index (χ4v) is 1.87. The molecular formula is C11H7FN2. The van der Waals surface area contributed by atoms with Gasteiger partial charge in [-0.2, -0.15) is 10.2 Å². The molecule has 1 aromatic heterocycles. The average molecular weight is 186 g/mol. The predicted molar refractivity (Wildman–Crippen MR) is 50.2 cm³/mol. The van der Waals surface area contributed by atoms with E-state index >= 15 is 0 Å². The molecule has 14 heavy (non-hydrogen) atoms. The SMILES string of the molecule is Fc1ccc2c(c1)Cc1ccnnc1-2. The first-order valence-electron chi connectivity index (χ1n) is 4.44. The predicted octanol–water partition coefficient (Wildman–Crippen LogP) is 2.19. The molecular weight excluding hydrogens is 179 g/mol. The highest BCUT2D eigenvalue weighted by atomic mass is 19.1. The minimum Gasteiger partial charge on any atom is -0.207 e. The maximum atomic E-state index is 12.9. The second-order valence-electron chi connectivity index (χ2n) is 3.38. The first kappa shape index (κ1) is 7.62. The third-order valence-corrected chi connectivity index (χ3v) is 2.51. The van der Waals surface area contributed by atoms with E-state index in [2.05, 4.69) is 10.2 Å². The molecule has 0 radical (unpaired) electrons. The third-order valence-electron chi connectivity index (χ3n) is 2.51. The molecule has 0 amide bonds. The summed E-state index contributed by atoms with van der Waals surface area (Å²) in [7, 11) is 0. The number of benzene rings is 1. The largest absolute Gasteiger partial charge is 0.207 e. The minimum atomic E-state index is -0.190. The van der Waals surface area contributed by atoms with E-state index < -0.39 is 0 Å². The van der Waals surface area contributed by atoms with Crippen LogP contribution in [0.2, 0.25) is 0 Å². The van der Waals surface area contributed by atoms with Crippen LogP contribution in [0.4, 0.5) is 4.39 Å². The number of hydrogen-bond acceptors (Lipinski definition) is 2. The number of fused-ring (bicyclic) bond motifs is 3. The van der Waals surface area contributed by atoms with Crippen LogP contribution in [0.15, 0.2) is 30.5 Å². The lowest BCUT2D eigenvalue weighted by molar-refractivity contribution is 0.626. The Kier molecular flexibility index (Phi) is 1.42. The van der Waals surface area contributed by atoms with Crippen LogP contribution < -0.4 is 0 Å². The second-order valence-corrected chi connectivity index (χ2v) is 3.38. The van der Waals surface area contributed by atoms with E-state index in [1.54, 1.807) is 18.3 Å². The quantitative estimate of drug-likeness (QED) is 0.537. The minimum absolute atomic E-state index is 0.190. The van der Waals surface area contributed by atoms with Crippen molar-refractivity contribution in [2.24, 2.45) is 0 Å². The van der Waals surface area contributed by atoms with E-state index in [9.17, 15) is 4.39 Å². The van der Waals surface area contributed by atoms with E-state index in [1.807, 2.05) is 6.07 Å². The Morgan fingerprint density at radius 1 is 1.14 bits per heavy atom. The standard InChI is InChI=1S/C11H7FN2/c12-9-1-2-10-8(6-9)5-7-3-4-13-14-11(7)10/h1-4,6H,5H2. The molecule has 1 aliphatic rings. The fraction of sp³-hybridized carbons (Fsp3) is 0.0909. The highest BCUT2D eigenvalue weighted by Gasteiger charge is 2.19. The van der Waals surface area contributed by atoms with Crippen LogP contribution in [0, 0.1) is 5.82 Å². The van der Waals surface area contributed by atoms with Gasteiger partial charge in [-0.05, 0) is 35.4 Å². The Morgan fingerprint density at radius 2 is 2.07 bits per heavy atom. The fourth-order valence-electron chi connectivity index (χ4n) is 1.87. The van der Waals surface area contributed by atoms with Gasteiger partial charge >= 0.3 is 0 Å². The highest BCUT2D eigenvalue weighted by molar-refractivity contribution is 5.72. The lowest BCUT2D eigenvalue weighted by Gasteiger charge is -1.97. The molecule has 3 rings (SSSR count). The van der Waals surface area contributed by atoms with Crippen LogP contribution in [0.3, 0.4) is 0 Å². The van der Waals surface area contributed by atoms with E-state index in [0.717, 1.165) is 28.8 Å². The van der Waals surface area contributed by atoms with Crippen LogP contribution in [-0.4, -0.2) is 10.2 Å². The van der Waals surface area contributed by atoms with Gasteiger partial charge in [-0.1, -0.05) is 0 Å². The molecule has 2 aromatic rings. The molecule has 0 bridgehead atoms. The maximum absolute atomic E-state index is 12.9. The van der Waals surface area contributed by atoms with Crippen LogP contribution >= 0.6 is 0 Å². The molecule has 68 valence electrons. The van der Waals surface area contributed by atoms with Gasteiger partial charge in [0.15, 0.2) is 0 Å². The summed E-state index contributed by atoms with van der Waals surface area (Å²) in [4.78, 5) is 0. The summed E-state index contributed by atoms with van der Waals surface area (Å²) < 4.78 is 12.9. The molecule has 1 heterocycles. The van der Waals surface area contributed by atoms with Gasteiger partial charge in [0.1, 0.15) is 5.82 Å². The van der Waals surface area contributed by atoms with Gasteiger partial charge in [0.25, 0.3) is 0 Å². The Bertz CT molecular complexity index is 508. The molecule has 1 aliphatic carbocycles. The lowest BCUT2D eigenvalue weighted by Crippen LogP contribution is -1.86. The zero-order valence-corrected chi connectivity index (χ0v) is 7.37. The molecule has 0 unspecified atom stereocenters. The van der Waals surface area contributed by atoms with Crippen molar-refractivity contribution in [2.75, 3.05) is 0 Å². The summed E-state index contributed by atoms with van der Waals surface area (Å²) >= 11 is 0. The molecule has 0 spiro atoms. The number of nitrogens with zero attached hydrogens (tertiary/aromatic N) is 2. The van der Waals surface area contributed by atoms with Crippen LogP contribution in [0.5, 0.6) is 0 Å². The van der Waals surface area contributed by atoms with E-state index in [0.29, 0.717) is 0 Å². The van der Waals surface area contributed by atoms with Crippen molar-refractivity contribution in [3.8, 4) is 11.3 Å². The summed E-state index contributed by atoms with van der Waals surface area (Å²) in [5.74, 6) is -0.190. The molecule has 0 saturated heterocycles. The second kappa shape index (κ2) is 2.61. The van der Waals surface area contributed by atoms with Crippen molar-refractivity contribution >= 4 is 0 Å². The van der Waals surface area contributed by atoms with Gasteiger partial charge in [0.2, 0.25) is 0 Å². The molecule has 0 saturated carbocycles. The lowest BCUT2D eigenvalue weighted by atomic mass is 10.1. The number of halogens is 1. The van der Waals surface area contributed by atoms with Crippen molar-refractivity contribution in [2.45, 2.75) is 6.42 Å². The Balaban J connectivity index is 2.27. The molecule has 0 fully saturated rings. The number of aromatic nitrogens is 2. The van der Waals surface area contributed by atoms with E-state index in [-0.39, 0.29) is 5.82 Å². The van der Waals surface area contributed by atoms with Gasteiger partial charge in [0, 0.05) is 18.2 Å². The zero-order chi connectivity index (χ0) is 9.54. The molecule has 0 aliphatic heterocycles. The monoisotopic (exact) mass is 186 g/mol. The highest BCUT2D eigenvalue weighted by Crippen LogP contribution is 2.34. The van der Waals surface area contributed by atoms with E-state index in [1.165, 1.54) is 6.07 Å². The van der Waals surface area contributed by atoms with Crippen molar-refractivity contribution in [1.82, 2.24) is 10.2 Å². The zero-order valence-electron chi connectivity index (χ0n) is 7.37. The Labute approximate surface area is 80.4 Å². The van der Waals surface area contributed by atoms with Crippen molar-refractivity contribution < 1.29 is 4.39 Å². The van der Waals surface area contributed by atoms with Crippen molar-refractivity contribution in [3.05, 3.63) is 47.4 Å². The first-order valence-corrected chi connectivity index (χ1v) is 4.44. The topological polar surface area (TPSA) is 25.8 Å². The first-order chi connectivity index (χ1) is 6.84. The van der Waals surface area contributed by atoms with Gasteiger partial charge in [0.05, 0.1) is 5.69 Å². The molecule has 3 heteroatoms. The summed E-state index contributed by atoms with van der Waals surface area (Å²) in [5.41, 5.74) is 4.03. The molecule has 0 N–H and O–H groups in total. The normalized spacial score (nSPS) is 12.4. The van der Waals surface area contributed by atoms with Gasteiger partial charge in [-0.3, -0.25) is 0 Å². The van der Waals surface area contributed by atoms with Crippen LogP contribution in [0.1, 0.15) is 11.1 Å². The summed E-state index contributed by atoms with van der Waals surface area (Å²) in [6.07, 6.45) is 2.43. The van der Waals surface area contributed by atoms with Gasteiger partial charge < -0.3 is 0 Å². The van der Waals surface area contributed by atoms with Crippen molar-refractivity contribution in [3.63, 3.8) is 0 Å². The van der Waals surface area contributed by atoms with Gasteiger partial charge in [-0.15, -0.1) is 0 Å². The van der Waals surface area contributed by atoms with Gasteiger partial charge in [-0.25, -0.2) is 4.39 Å². The molecule has 1 aromatic carbocycles. The average Bonchev–Trinajstić information content (AvgIpc) is 2.54. The molecule has 0 atom stereocenters. The number of hydrogen-bond donors (Lipinski definition) is 0. The summed E-state index contributed by atoms with van der Waals surface area (Å²) in [6.45, 7) is 0. The Hall–Kier alpha value is -1.77. The Morgan fingerprint density at radius 3 is 3.00 bits per heavy atom. The summed E-state index contributed by atoms with van der Waals surface area (Å²) in [6, 6.07) is 6.73. The summed E-state index contributed by atoms with van der Waals surface area (Å²) in [5, 5.41) is 7.89. The maximum Gasteiger partial charge on any atom is 0.123 e. The van der Waals surface area contributed by atoms with Crippen LogP contribution in [0.25, 0.3) is 11.3 Å². The third kappa shape index (κ3) is 0.954. The van der Waals surface area contributed by atoms with Crippen LogP contribution in [-0.2, 0) is 6.42 Å². The molecule has 2 nitrogen and oxygen atoms in total. The van der Waals surface area contributed by atoms with Crippen molar-refractivity contribution in [1.29, 1.82) is 0 Å². The smallest absolute Gasteiger partial charge is 0.123 e. The van der Waals surface area contributed by atoms with E-state index in [4.69, 9.17) is 0 Å². The number of rotatable bonds is 0.